The Morgan fingerprint density at radius 2 is 2.00 bits per heavy atom. The maximum absolute atomic E-state index is 12.0. The van der Waals surface area contributed by atoms with E-state index in [9.17, 15) is 4.79 Å². The van der Waals surface area contributed by atoms with Gasteiger partial charge in [0.1, 0.15) is 0 Å². The Morgan fingerprint density at radius 3 is 2.47 bits per heavy atom. The molecule has 1 rings (SSSR count). The summed E-state index contributed by atoms with van der Waals surface area (Å²) < 4.78 is 1.74. The van der Waals surface area contributed by atoms with Gasteiger partial charge in [-0.15, -0.1) is 0 Å². The summed E-state index contributed by atoms with van der Waals surface area (Å²) in [6, 6.07) is 0.221. The van der Waals surface area contributed by atoms with Crippen molar-refractivity contribution in [2.45, 2.75) is 59.4 Å². The average Bonchev–Trinajstić information content (AvgIpc) is 2.52. The van der Waals surface area contributed by atoms with Crippen molar-refractivity contribution in [1.29, 1.82) is 0 Å². The monoisotopic (exact) mass is 210 g/mol. The number of hydrogen-bond acceptors (Lipinski definition) is 1. The number of H-pyrrole nitrogens is 1. The van der Waals surface area contributed by atoms with E-state index in [4.69, 9.17) is 0 Å². The Balaban J connectivity index is 3.05. The van der Waals surface area contributed by atoms with Gasteiger partial charge in [-0.1, -0.05) is 20.3 Å². The number of aromatic amines is 1. The number of rotatable bonds is 5. The second-order valence-corrected chi connectivity index (χ2v) is 4.29. The van der Waals surface area contributed by atoms with Gasteiger partial charge >= 0.3 is 0 Å². The lowest BCUT2D eigenvalue weighted by Gasteiger charge is -2.04. The lowest BCUT2D eigenvalue weighted by molar-refractivity contribution is 0.510. The van der Waals surface area contributed by atoms with E-state index in [-0.39, 0.29) is 11.6 Å². The highest BCUT2D eigenvalue weighted by atomic mass is 16.1. The van der Waals surface area contributed by atoms with Gasteiger partial charge < -0.3 is 0 Å². The van der Waals surface area contributed by atoms with E-state index in [0.29, 0.717) is 0 Å². The molecule has 0 atom stereocenters. The minimum absolute atomic E-state index is 0.165. The lowest BCUT2D eigenvalue weighted by atomic mass is 10.1. The average molecular weight is 210 g/mol. The van der Waals surface area contributed by atoms with Crippen LogP contribution in [0.3, 0.4) is 0 Å². The van der Waals surface area contributed by atoms with Crippen LogP contribution in [0.4, 0.5) is 0 Å². The highest BCUT2D eigenvalue weighted by Gasteiger charge is 2.13. The van der Waals surface area contributed by atoms with Crippen molar-refractivity contribution < 1.29 is 0 Å². The van der Waals surface area contributed by atoms with Crippen LogP contribution >= 0.6 is 0 Å². The smallest absolute Gasteiger partial charge is 0.270 e. The number of aromatic nitrogens is 2. The molecule has 3 nitrogen and oxygen atoms in total. The van der Waals surface area contributed by atoms with Crippen molar-refractivity contribution >= 4 is 0 Å². The van der Waals surface area contributed by atoms with Crippen molar-refractivity contribution in [3.05, 3.63) is 21.6 Å². The van der Waals surface area contributed by atoms with Crippen molar-refractivity contribution in [2.75, 3.05) is 0 Å². The Morgan fingerprint density at radius 1 is 1.33 bits per heavy atom. The van der Waals surface area contributed by atoms with Gasteiger partial charge in [-0.25, -0.2) is 0 Å². The predicted molar refractivity (Wildman–Crippen MR) is 63.4 cm³/mol. The summed E-state index contributed by atoms with van der Waals surface area (Å²) in [5.74, 6) is 0. The molecule has 0 aliphatic heterocycles. The Kier molecular flexibility index (Phi) is 4.18. The summed E-state index contributed by atoms with van der Waals surface area (Å²) in [5, 5.41) is 3.24. The fourth-order valence-electron chi connectivity index (χ4n) is 1.83. The Hall–Kier alpha value is -0.990. The minimum atomic E-state index is 0.165. The molecular formula is C12H22N2O. The van der Waals surface area contributed by atoms with Crippen LogP contribution in [-0.4, -0.2) is 9.78 Å². The molecule has 0 fully saturated rings. The molecule has 0 amide bonds. The predicted octanol–water partition coefficient (Wildman–Crippen LogP) is 2.66. The largest absolute Gasteiger partial charge is 0.299 e. The van der Waals surface area contributed by atoms with Gasteiger partial charge in [-0.05, 0) is 33.1 Å². The van der Waals surface area contributed by atoms with Gasteiger partial charge in [-0.3, -0.25) is 14.6 Å². The van der Waals surface area contributed by atoms with Crippen LogP contribution in [0.5, 0.6) is 0 Å². The second kappa shape index (κ2) is 5.19. The van der Waals surface area contributed by atoms with Crippen LogP contribution in [0, 0.1) is 0 Å². The molecule has 86 valence electrons. The third-order valence-corrected chi connectivity index (χ3v) is 2.75. The van der Waals surface area contributed by atoms with Gasteiger partial charge in [0, 0.05) is 17.3 Å². The molecule has 1 aromatic heterocycles. The van der Waals surface area contributed by atoms with Crippen molar-refractivity contribution in [3.63, 3.8) is 0 Å². The summed E-state index contributed by atoms with van der Waals surface area (Å²) in [5.41, 5.74) is 2.27. The van der Waals surface area contributed by atoms with Crippen LogP contribution in [-0.2, 0) is 12.8 Å². The summed E-state index contributed by atoms with van der Waals surface area (Å²) >= 11 is 0. The van der Waals surface area contributed by atoms with Gasteiger partial charge in [0.05, 0.1) is 0 Å². The Labute approximate surface area is 91.5 Å². The summed E-state index contributed by atoms with van der Waals surface area (Å²) in [6.07, 6.45) is 4.13. The number of unbranched alkanes of at least 4 members (excludes halogenated alkanes) is 1. The van der Waals surface area contributed by atoms with Gasteiger partial charge in [-0.2, -0.15) is 0 Å². The van der Waals surface area contributed by atoms with Crippen molar-refractivity contribution in [2.24, 2.45) is 0 Å². The fourth-order valence-corrected chi connectivity index (χ4v) is 1.83. The maximum atomic E-state index is 12.0. The highest BCUT2D eigenvalue weighted by Crippen LogP contribution is 2.09. The van der Waals surface area contributed by atoms with E-state index < -0.39 is 0 Å². The number of hydrogen-bond donors (Lipinski definition) is 1. The first-order chi connectivity index (χ1) is 7.11. The normalized spacial score (nSPS) is 11.3. The standard InChI is InChI=1S/C12H22N2O/c1-5-7-8-11-10(6-2)12(15)14(13-11)9(3)4/h9,13H,5-8H2,1-4H3. The molecule has 0 spiro atoms. The second-order valence-electron chi connectivity index (χ2n) is 4.29. The fraction of sp³-hybridized carbons (Fsp3) is 0.750. The molecule has 0 saturated carbocycles. The molecule has 0 saturated heterocycles. The van der Waals surface area contributed by atoms with Gasteiger partial charge in [0.15, 0.2) is 0 Å². The lowest BCUT2D eigenvalue weighted by Crippen LogP contribution is -2.20. The molecule has 0 aromatic carbocycles. The highest BCUT2D eigenvalue weighted by molar-refractivity contribution is 5.17. The zero-order chi connectivity index (χ0) is 11.4. The molecule has 3 heteroatoms. The molecule has 15 heavy (non-hydrogen) atoms. The quantitative estimate of drug-likeness (QED) is 0.797. The first kappa shape index (κ1) is 12.1. The molecule has 1 aromatic rings. The van der Waals surface area contributed by atoms with Crippen LogP contribution < -0.4 is 5.56 Å². The van der Waals surface area contributed by atoms with E-state index in [0.717, 1.165) is 36.9 Å². The Bertz CT molecular complexity index is 360. The van der Waals surface area contributed by atoms with Crippen LogP contribution in [0.25, 0.3) is 0 Å². The molecule has 0 unspecified atom stereocenters. The third-order valence-electron chi connectivity index (χ3n) is 2.75. The molecular weight excluding hydrogens is 188 g/mol. The minimum Gasteiger partial charge on any atom is -0.299 e. The molecule has 1 N–H and O–H groups in total. The van der Waals surface area contributed by atoms with Crippen molar-refractivity contribution in [3.8, 4) is 0 Å². The van der Waals surface area contributed by atoms with Crippen LogP contribution in [0.15, 0.2) is 4.79 Å². The summed E-state index contributed by atoms with van der Waals surface area (Å²) in [4.78, 5) is 12.0. The zero-order valence-corrected chi connectivity index (χ0v) is 10.3. The number of aryl methyl sites for hydroxylation is 1. The van der Waals surface area contributed by atoms with Crippen LogP contribution in [0.2, 0.25) is 0 Å². The SMILES string of the molecule is CCCCc1[nH]n(C(C)C)c(=O)c1CC. The molecule has 0 radical (unpaired) electrons. The molecule has 1 heterocycles. The first-order valence-corrected chi connectivity index (χ1v) is 5.94. The van der Waals surface area contributed by atoms with E-state index >= 15 is 0 Å². The molecule has 0 aliphatic carbocycles. The van der Waals surface area contributed by atoms with Crippen molar-refractivity contribution in [1.82, 2.24) is 9.78 Å². The number of nitrogens with zero attached hydrogens (tertiary/aromatic N) is 1. The maximum Gasteiger partial charge on any atom is 0.270 e. The third kappa shape index (κ3) is 2.52. The van der Waals surface area contributed by atoms with E-state index in [2.05, 4.69) is 12.0 Å². The topological polar surface area (TPSA) is 37.8 Å². The molecule has 0 bridgehead atoms. The summed E-state index contributed by atoms with van der Waals surface area (Å²) in [6.45, 7) is 8.27. The van der Waals surface area contributed by atoms with E-state index in [1.807, 2.05) is 20.8 Å². The number of nitrogens with one attached hydrogen (secondary N) is 1. The van der Waals surface area contributed by atoms with E-state index in [1.165, 1.54) is 0 Å². The zero-order valence-electron chi connectivity index (χ0n) is 10.3. The van der Waals surface area contributed by atoms with Crippen LogP contribution in [0.1, 0.15) is 57.8 Å². The van der Waals surface area contributed by atoms with E-state index in [1.54, 1.807) is 4.68 Å². The van der Waals surface area contributed by atoms with Gasteiger partial charge in [0.25, 0.3) is 5.56 Å². The molecule has 0 aliphatic rings. The summed E-state index contributed by atoms with van der Waals surface area (Å²) in [7, 11) is 0. The first-order valence-electron chi connectivity index (χ1n) is 5.94. The van der Waals surface area contributed by atoms with Gasteiger partial charge in [0.2, 0.25) is 0 Å².